The number of ether oxygens (including phenoxy) is 2. The second kappa shape index (κ2) is 10.0. The lowest BCUT2D eigenvalue weighted by Gasteiger charge is -2.37. The third-order valence-electron chi connectivity index (χ3n) is 7.57. The minimum absolute atomic E-state index is 0.0638. The van der Waals surface area contributed by atoms with Crippen molar-refractivity contribution >= 4 is 17.8 Å². The summed E-state index contributed by atoms with van der Waals surface area (Å²) >= 11 is 0. The topological polar surface area (TPSA) is 105 Å². The van der Waals surface area contributed by atoms with Crippen LogP contribution < -0.4 is 5.32 Å². The molecule has 3 heterocycles. The van der Waals surface area contributed by atoms with E-state index >= 15 is 0 Å². The molecule has 7 atom stereocenters. The molecule has 0 radical (unpaired) electrons. The van der Waals surface area contributed by atoms with Gasteiger partial charge < -0.3 is 24.8 Å². The molecule has 1 aromatic rings. The molecule has 0 aliphatic carbocycles. The van der Waals surface area contributed by atoms with E-state index in [4.69, 9.17) is 9.47 Å². The van der Waals surface area contributed by atoms with E-state index in [1.807, 2.05) is 37.3 Å². The van der Waals surface area contributed by atoms with Gasteiger partial charge in [0.05, 0.1) is 37.2 Å². The number of hydrogen-bond acceptors (Lipinski definition) is 6. The number of fused-ring (bicyclic) bond motifs is 1. The van der Waals surface area contributed by atoms with E-state index in [2.05, 4.69) is 12.2 Å². The summed E-state index contributed by atoms with van der Waals surface area (Å²) in [6, 6.07) is 8.00. The van der Waals surface area contributed by atoms with Gasteiger partial charge in [-0.2, -0.15) is 0 Å². The zero-order valence-electron chi connectivity index (χ0n) is 20.2. The molecule has 1 spiro atoms. The van der Waals surface area contributed by atoms with Crippen LogP contribution in [0.3, 0.4) is 0 Å². The molecule has 2 amide bonds. The predicted octanol–water partition coefficient (Wildman–Crippen LogP) is 1.83. The average molecular weight is 473 g/mol. The Morgan fingerprint density at radius 1 is 1.29 bits per heavy atom. The minimum atomic E-state index is -1.08. The number of nitrogens with zero attached hydrogens (tertiary/aromatic N) is 1. The number of rotatable bonds is 10. The highest BCUT2D eigenvalue weighted by molar-refractivity contribution is 5.98. The number of aliphatic hydroxyl groups excluding tert-OH is 1. The number of hydrogen-bond donors (Lipinski definition) is 2. The quantitative estimate of drug-likeness (QED) is 0.504. The van der Waals surface area contributed by atoms with Crippen LogP contribution in [0.5, 0.6) is 0 Å². The fourth-order valence-electron chi connectivity index (χ4n) is 6.25. The first kappa shape index (κ1) is 24.7. The van der Waals surface area contributed by atoms with Crippen LogP contribution in [-0.2, 0) is 30.3 Å². The second-order valence-electron chi connectivity index (χ2n) is 9.78. The second-order valence-corrected chi connectivity index (χ2v) is 9.78. The van der Waals surface area contributed by atoms with Crippen LogP contribution in [0, 0.1) is 11.8 Å². The van der Waals surface area contributed by atoms with E-state index in [9.17, 15) is 19.5 Å². The van der Waals surface area contributed by atoms with Gasteiger partial charge in [0.1, 0.15) is 11.6 Å². The van der Waals surface area contributed by atoms with E-state index in [0.29, 0.717) is 19.3 Å². The van der Waals surface area contributed by atoms with Crippen LogP contribution in [0.15, 0.2) is 30.3 Å². The number of amides is 2. The summed E-state index contributed by atoms with van der Waals surface area (Å²) in [6.45, 7) is 5.64. The van der Waals surface area contributed by atoms with Crippen LogP contribution in [-0.4, -0.2) is 70.8 Å². The third kappa shape index (κ3) is 4.11. The molecule has 2 bridgehead atoms. The molecule has 34 heavy (non-hydrogen) atoms. The summed E-state index contributed by atoms with van der Waals surface area (Å²) in [5, 5.41) is 13.4. The molecule has 3 aliphatic rings. The SMILES string of the molecule is CCCC(C)NC(=O)C1N([C@@H](CO)Cc2ccccc2)C(=O)[C@@H]2[C@@H](C(=O)OCC)[C@H]3CCC12O3. The minimum Gasteiger partial charge on any atom is -0.466 e. The van der Waals surface area contributed by atoms with Gasteiger partial charge in [0.15, 0.2) is 0 Å². The molecular weight excluding hydrogens is 436 g/mol. The van der Waals surface area contributed by atoms with Gasteiger partial charge in [-0.25, -0.2) is 0 Å². The number of aliphatic hydroxyl groups is 1. The Bertz CT molecular complexity index is 908. The first-order valence-corrected chi connectivity index (χ1v) is 12.5. The Kier molecular flexibility index (Phi) is 7.28. The normalized spacial score (nSPS) is 31.3. The predicted molar refractivity (Wildman–Crippen MR) is 125 cm³/mol. The number of nitrogens with one attached hydrogen (secondary N) is 1. The standard InChI is InChI=1S/C26H36N2O6/c1-4-9-16(3)27-23(30)22-26-13-12-19(34-26)20(25(32)33-5-2)21(26)24(31)28(22)18(15-29)14-17-10-7-6-8-11-17/h6-8,10-11,16,18-22,29H,4-5,9,12-15H2,1-3H3,(H,27,30)/t16?,18-,19-,20+,21+,22?,26?/m1/s1. The Hall–Kier alpha value is -2.45. The van der Waals surface area contributed by atoms with Gasteiger partial charge >= 0.3 is 5.97 Å². The summed E-state index contributed by atoms with van der Waals surface area (Å²) in [5.41, 5.74) is -0.131. The first-order chi connectivity index (χ1) is 16.4. The van der Waals surface area contributed by atoms with Crippen LogP contribution >= 0.6 is 0 Å². The van der Waals surface area contributed by atoms with Gasteiger partial charge in [-0.3, -0.25) is 14.4 Å². The zero-order chi connectivity index (χ0) is 24.5. The van der Waals surface area contributed by atoms with E-state index in [-0.39, 0.29) is 31.1 Å². The van der Waals surface area contributed by atoms with Crippen molar-refractivity contribution in [3.8, 4) is 0 Å². The molecule has 8 nitrogen and oxygen atoms in total. The van der Waals surface area contributed by atoms with Crippen molar-refractivity contribution in [2.75, 3.05) is 13.2 Å². The van der Waals surface area contributed by atoms with Crippen LogP contribution in [0.4, 0.5) is 0 Å². The maximum absolute atomic E-state index is 14.0. The van der Waals surface area contributed by atoms with Gasteiger partial charge in [-0.1, -0.05) is 43.7 Å². The Morgan fingerprint density at radius 3 is 2.68 bits per heavy atom. The fourth-order valence-corrected chi connectivity index (χ4v) is 6.25. The lowest BCUT2D eigenvalue weighted by molar-refractivity contribution is -0.155. The van der Waals surface area contributed by atoms with Crippen LogP contribution in [0.2, 0.25) is 0 Å². The van der Waals surface area contributed by atoms with Gasteiger partial charge in [0, 0.05) is 6.04 Å². The summed E-state index contributed by atoms with van der Waals surface area (Å²) in [7, 11) is 0. The van der Waals surface area contributed by atoms with E-state index in [0.717, 1.165) is 18.4 Å². The van der Waals surface area contributed by atoms with Crippen molar-refractivity contribution in [1.29, 1.82) is 0 Å². The molecule has 8 heteroatoms. The monoisotopic (exact) mass is 472 g/mol. The first-order valence-electron chi connectivity index (χ1n) is 12.5. The van der Waals surface area contributed by atoms with Crippen molar-refractivity contribution in [3.63, 3.8) is 0 Å². The zero-order valence-corrected chi connectivity index (χ0v) is 20.2. The number of carbonyl (C=O) groups is 3. The van der Waals surface area contributed by atoms with E-state index < -0.39 is 41.6 Å². The number of carbonyl (C=O) groups excluding carboxylic acids is 3. The highest BCUT2D eigenvalue weighted by atomic mass is 16.6. The molecule has 3 saturated heterocycles. The summed E-state index contributed by atoms with van der Waals surface area (Å²) in [6.07, 6.45) is 2.81. The van der Waals surface area contributed by atoms with Crippen molar-refractivity contribution in [2.45, 2.75) is 82.7 Å². The van der Waals surface area contributed by atoms with E-state index in [1.165, 1.54) is 4.90 Å². The molecular formula is C26H36N2O6. The summed E-state index contributed by atoms with van der Waals surface area (Å²) in [4.78, 5) is 42.0. The van der Waals surface area contributed by atoms with Crippen molar-refractivity contribution < 1.29 is 29.0 Å². The molecule has 2 N–H and O–H groups in total. The van der Waals surface area contributed by atoms with Gasteiger partial charge in [0.25, 0.3) is 0 Å². The van der Waals surface area contributed by atoms with E-state index in [1.54, 1.807) is 6.92 Å². The number of likely N-dealkylation sites (tertiary alicyclic amines) is 1. The molecule has 3 unspecified atom stereocenters. The van der Waals surface area contributed by atoms with Crippen LogP contribution in [0.25, 0.3) is 0 Å². The molecule has 0 aromatic heterocycles. The van der Waals surface area contributed by atoms with Crippen LogP contribution in [0.1, 0.15) is 52.0 Å². The van der Waals surface area contributed by atoms with Gasteiger partial charge in [-0.15, -0.1) is 0 Å². The Labute approximate surface area is 201 Å². The molecule has 3 fully saturated rings. The van der Waals surface area contributed by atoms with Crippen molar-refractivity contribution in [2.24, 2.45) is 11.8 Å². The largest absolute Gasteiger partial charge is 0.466 e. The maximum Gasteiger partial charge on any atom is 0.312 e. The average Bonchev–Trinajstić information content (AvgIpc) is 3.46. The smallest absolute Gasteiger partial charge is 0.312 e. The number of benzene rings is 1. The molecule has 1 aromatic carbocycles. The van der Waals surface area contributed by atoms with Gasteiger partial charge in [-0.05, 0) is 45.1 Å². The number of esters is 1. The maximum atomic E-state index is 14.0. The Balaban J connectivity index is 1.72. The third-order valence-corrected chi connectivity index (χ3v) is 7.57. The molecule has 3 aliphatic heterocycles. The highest BCUT2D eigenvalue weighted by Crippen LogP contribution is 2.59. The summed E-state index contributed by atoms with van der Waals surface area (Å²) in [5.74, 6) is -2.55. The van der Waals surface area contributed by atoms with Crippen molar-refractivity contribution in [1.82, 2.24) is 10.2 Å². The lowest BCUT2D eigenvalue weighted by atomic mass is 9.70. The lowest BCUT2D eigenvalue weighted by Crippen LogP contribution is -2.59. The summed E-state index contributed by atoms with van der Waals surface area (Å²) < 4.78 is 11.7. The highest BCUT2D eigenvalue weighted by Gasteiger charge is 2.75. The molecule has 186 valence electrons. The van der Waals surface area contributed by atoms with Crippen molar-refractivity contribution in [3.05, 3.63) is 35.9 Å². The van der Waals surface area contributed by atoms with Gasteiger partial charge in [0.2, 0.25) is 11.8 Å². The Morgan fingerprint density at radius 2 is 2.03 bits per heavy atom. The fraction of sp³-hybridized carbons (Fsp3) is 0.654. The molecule has 0 saturated carbocycles. The molecule has 4 rings (SSSR count).